The lowest BCUT2D eigenvalue weighted by molar-refractivity contribution is 0.425. The van der Waals surface area contributed by atoms with Gasteiger partial charge in [-0.05, 0) is 0 Å². The number of nitrogens with zero attached hydrogens (tertiary/aromatic N) is 2. The van der Waals surface area contributed by atoms with Crippen molar-refractivity contribution in [2.24, 2.45) is 0 Å². The quantitative estimate of drug-likeness (QED) is 0.483. The largest absolute Gasteiger partial charge is 0.493 e. The van der Waals surface area contributed by atoms with Gasteiger partial charge >= 0.3 is 7.12 Å². The van der Waals surface area contributed by atoms with Crippen LogP contribution in [0.25, 0.3) is 0 Å². The van der Waals surface area contributed by atoms with Crippen molar-refractivity contribution in [3.63, 3.8) is 0 Å². The third-order valence-corrected chi connectivity index (χ3v) is 1.46. The Morgan fingerprint density at radius 2 is 2.58 bits per heavy atom. The fourth-order valence-electron chi connectivity index (χ4n) is 0.604. The molecule has 0 aliphatic heterocycles. The van der Waals surface area contributed by atoms with Gasteiger partial charge in [-0.15, -0.1) is 0 Å². The standard InChI is InChI=1S/C6H8BClN2O2/c1-2-5-9-3-4(7(11)12)6(8)10-5/h3,11-12H,2H2,1H3/i1D3,2D2. The summed E-state index contributed by atoms with van der Waals surface area (Å²) in [5.41, 5.74) is -0.225. The van der Waals surface area contributed by atoms with Crippen molar-refractivity contribution in [3.8, 4) is 0 Å². The van der Waals surface area contributed by atoms with E-state index in [0.717, 1.165) is 6.20 Å². The molecule has 1 aromatic rings. The third-order valence-electron chi connectivity index (χ3n) is 1.16. The summed E-state index contributed by atoms with van der Waals surface area (Å²) in [7, 11) is -1.91. The van der Waals surface area contributed by atoms with Gasteiger partial charge in [-0.1, -0.05) is 18.5 Å². The predicted molar refractivity (Wildman–Crippen MR) is 46.2 cm³/mol. The third kappa shape index (κ3) is 1.94. The van der Waals surface area contributed by atoms with Crippen LogP contribution in [-0.2, 0) is 6.37 Å². The summed E-state index contributed by atoms with van der Waals surface area (Å²) >= 11 is 5.56. The molecule has 0 radical (unpaired) electrons. The van der Waals surface area contributed by atoms with E-state index in [1.807, 2.05) is 0 Å². The van der Waals surface area contributed by atoms with Gasteiger partial charge in [-0.3, -0.25) is 0 Å². The van der Waals surface area contributed by atoms with Crippen LogP contribution < -0.4 is 5.46 Å². The minimum Gasteiger partial charge on any atom is -0.423 e. The maximum atomic E-state index is 8.84. The number of halogens is 1. The zero-order valence-corrected chi connectivity index (χ0v) is 6.58. The first-order chi connectivity index (χ1) is 7.57. The lowest BCUT2D eigenvalue weighted by Crippen LogP contribution is -2.32. The summed E-state index contributed by atoms with van der Waals surface area (Å²) in [6, 6.07) is 0. The van der Waals surface area contributed by atoms with Crippen LogP contribution in [0.4, 0.5) is 0 Å². The molecule has 64 valence electrons. The van der Waals surface area contributed by atoms with E-state index in [-0.39, 0.29) is 5.46 Å². The van der Waals surface area contributed by atoms with Gasteiger partial charge in [-0.2, -0.15) is 0 Å². The highest BCUT2D eigenvalue weighted by atomic mass is 35.5. The Kier molecular flexibility index (Phi) is 1.46. The second-order valence-electron chi connectivity index (χ2n) is 1.94. The molecule has 1 aromatic heterocycles. The fourth-order valence-corrected chi connectivity index (χ4v) is 0.830. The minimum atomic E-state index is -2.95. The van der Waals surface area contributed by atoms with Crippen LogP contribution in [0.5, 0.6) is 0 Å². The van der Waals surface area contributed by atoms with Crippen LogP contribution in [0.2, 0.25) is 5.15 Å². The molecule has 0 amide bonds. The van der Waals surface area contributed by atoms with Crippen LogP contribution in [0.15, 0.2) is 6.20 Å². The highest BCUT2D eigenvalue weighted by molar-refractivity contribution is 6.62. The molecule has 0 unspecified atom stereocenters. The van der Waals surface area contributed by atoms with Crippen LogP contribution in [0.3, 0.4) is 0 Å². The maximum Gasteiger partial charge on any atom is 0.493 e. The van der Waals surface area contributed by atoms with Crippen molar-refractivity contribution in [1.29, 1.82) is 0 Å². The van der Waals surface area contributed by atoms with Crippen molar-refractivity contribution < 1.29 is 16.9 Å². The monoisotopic (exact) mass is 191 g/mol. The minimum absolute atomic E-state index is 0.225. The Labute approximate surface area is 82.4 Å². The summed E-state index contributed by atoms with van der Waals surface area (Å²) in [6.45, 7) is -2.95. The van der Waals surface area contributed by atoms with Crippen molar-refractivity contribution in [2.45, 2.75) is 13.2 Å². The molecule has 0 saturated carbocycles. The molecule has 0 aromatic carbocycles. The van der Waals surface area contributed by atoms with Crippen LogP contribution in [0.1, 0.15) is 19.5 Å². The van der Waals surface area contributed by atoms with E-state index in [1.165, 1.54) is 0 Å². The van der Waals surface area contributed by atoms with E-state index in [1.54, 1.807) is 0 Å². The SMILES string of the molecule is [2H]C([2H])([2H])C([2H])([2H])c1ncc(B(O)O)c(Cl)n1. The van der Waals surface area contributed by atoms with Gasteiger partial charge in [0.1, 0.15) is 11.0 Å². The Bertz CT molecular complexity index is 427. The van der Waals surface area contributed by atoms with Gasteiger partial charge < -0.3 is 10.0 Å². The molecule has 0 saturated heterocycles. The van der Waals surface area contributed by atoms with Crippen molar-refractivity contribution in [1.82, 2.24) is 9.97 Å². The normalized spacial score (nSPS) is 18.4. The molecule has 1 heterocycles. The molecule has 12 heavy (non-hydrogen) atoms. The second-order valence-corrected chi connectivity index (χ2v) is 2.30. The number of aryl methyl sites for hydroxylation is 1. The second kappa shape index (κ2) is 3.84. The first kappa shape index (κ1) is 4.55. The van der Waals surface area contributed by atoms with Gasteiger partial charge in [-0.25, -0.2) is 9.97 Å². The van der Waals surface area contributed by atoms with E-state index in [4.69, 9.17) is 28.5 Å². The van der Waals surface area contributed by atoms with Crippen molar-refractivity contribution in [2.75, 3.05) is 0 Å². The van der Waals surface area contributed by atoms with Gasteiger partial charge in [0.05, 0.1) is 0 Å². The van der Waals surface area contributed by atoms with Gasteiger partial charge in [0.25, 0.3) is 0 Å². The van der Waals surface area contributed by atoms with E-state index in [9.17, 15) is 0 Å². The fraction of sp³-hybridized carbons (Fsp3) is 0.333. The first-order valence-electron chi connectivity index (χ1n) is 5.46. The van der Waals surface area contributed by atoms with E-state index in [0.29, 0.717) is 0 Å². The van der Waals surface area contributed by atoms with E-state index < -0.39 is 31.3 Å². The molecule has 4 nitrogen and oxygen atoms in total. The summed E-state index contributed by atoms with van der Waals surface area (Å²) in [5.74, 6) is -0.632. The van der Waals surface area contributed by atoms with E-state index in [2.05, 4.69) is 9.97 Å². The molecule has 0 bridgehead atoms. The number of aromatic nitrogens is 2. The molecule has 0 atom stereocenters. The molecule has 0 fully saturated rings. The summed E-state index contributed by atoms with van der Waals surface area (Å²) in [5, 5.41) is 17.3. The Hall–Kier alpha value is -0.645. The van der Waals surface area contributed by atoms with Crippen molar-refractivity contribution in [3.05, 3.63) is 17.2 Å². The zero-order chi connectivity index (χ0) is 13.4. The summed E-state index contributed by atoms with van der Waals surface area (Å²) in [4.78, 5) is 6.88. The maximum absolute atomic E-state index is 8.84. The van der Waals surface area contributed by atoms with Gasteiger partial charge in [0.2, 0.25) is 0 Å². The van der Waals surface area contributed by atoms with E-state index >= 15 is 0 Å². The zero-order valence-electron chi connectivity index (χ0n) is 10.8. The van der Waals surface area contributed by atoms with Gasteiger partial charge in [0.15, 0.2) is 0 Å². The van der Waals surface area contributed by atoms with Gasteiger partial charge in [0, 0.05) is 24.9 Å². The van der Waals surface area contributed by atoms with Crippen molar-refractivity contribution >= 4 is 24.2 Å². The first-order valence-corrected chi connectivity index (χ1v) is 3.34. The highest BCUT2D eigenvalue weighted by Crippen LogP contribution is 2.01. The molecule has 6 heteroatoms. The average Bonchev–Trinajstić information content (AvgIpc) is 2.14. The van der Waals surface area contributed by atoms with Crippen LogP contribution in [0, 0.1) is 0 Å². The lowest BCUT2D eigenvalue weighted by atomic mass is 9.83. The molecule has 0 spiro atoms. The molecule has 1 rings (SSSR count). The topological polar surface area (TPSA) is 66.2 Å². The predicted octanol–water partition coefficient (Wildman–Crippen LogP) is -0.628. The molecule has 0 aliphatic carbocycles. The highest BCUT2D eigenvalue weighted by Gasteiger charge is 2.16. The summed E-state index contributed by atoms with van der Waals surface area (Å²) < 4.78 is 35.8. The Morgan fingerprint density at radius 3 is 3.08 bits per heavy atom. The summed E-state index contributed by atoms with van der Waals surface area (Å²) in [6.07, 6.45) is -1.89. The molecule has 2 N–H and O–H groups in total. The number of rotatable bonds is 2. The molecular weight excluding hydrogens is 178 g/mol. The average molecular weight is 191 g/mol. The van der Waals surface area contributed by atoms with Crippen LogP contribution in [-0.4, -0.2) is 27.1 Å². The smallest absolute Gasteiger partial charge is 0.423 e. The molecular formula is C6H8BClN2O2. The van der Waals surface area contributed by atoms with Crippen LogP contribution >= 0.6 is 11.6 Å². The Morgan fingerprint density at radius 1 is 1.83 bits per heavy atom. The molecule has 0 aliphatic rings. The Balaban J connectivity index is 3.23. The number of hydrogen-bond acceptors (Lipinski definition) is 4. The lowest BCUT2D eigenvalue weighted by Gasteiger charge is -2.01. The number of hydrogen-bond donors (Lipinski definition) is 2.